The highest BCUT2D eigenvalue weighted by Gasteiger charge is 2.14. The van der Waals surface area contributed by atoms with Crippen molar-refractivity contribution in [3.8, 4) is 11.1 Å². The molecule has 3 rings (SSSR count). The van der Waals surface area contributed by atoms with Gasteiger partial charge in [-0.3, -0.25) is 10.1 Å². The molecule has 0 aliphatic rings. The highest BCUT2D eigenvalue weighted by atomic mass is 16.6. The Hall–Kier alpha value is -3.88. The van der Waals surface area contributed by atoms with Gasteiger partial charge < -0.3 is 25.5 Å². The maximum absolute atomic E-state index is 11.4. The second kappa shape index (κ2) is 12.0. The molecule has 8 nitrogen and oxygen atoms in total. The van der Waals surface area contributed by atoms with E-state index in [0.29, 0.717) is 25.2 Å². The number of anilines is 2. The maximum atomic E-state index is 11.4. The predicted molar refractivity (Wildman–Crippen MR) is 137 cm³/mol. The van der Waals surface area contributed by atoms with E-state index < -0.39 is 17.1 Å². The molecule has 35 heavy (non-hydrogen) atoms. The Balaban J connectivity index is 1.66. The average molecular weight is 478 g/mol. The molecule has 0 saturated heterocycles. The normalized spacial score (nSPS) is 12.9. The Kier molecular flexibility index (Phi) is 8.83. The number of aryl methyl sites for hydroxylation is 1. The molecule has 0 saturated carbocycles. The molecule has 0 spiro atoms. The van der Waals surface area contributed by atoms with Crippen LogP contribution >= 0.6 is 0 Å². The summed E-state index contributed by atoms with van der Waals surface area (Å²) in [5, 5.41) is 42.9. The van der Waals surface area contributed by atoms with Crippen LogP contribution in [0.1, 0.15) is 24.5 Å². The number of benzene rings is 3. The van der Waals surface area contributed by atoms with Crippen LogP contribution in [0.15, 0.2) is 79.2 Å². The van der Waals surface area contributed by atoms with Crippen molar-refractivity contribution in [2.45, 2.75) is 39.0 Å². The van der Waals surface area contributed by atoms with Crippen molar-refractivity contribution >= 4 is 17.1 Å². The van der Waals surface area contributed by atoms with Gasteiger partial charge in [-0.15, -0.1) is 0 Å². The van der Waals surface area contributed by atoms with E-state index in [9.17, 15) is 25.4 Å². The van der Waals surface area contributed by atoms with E-state index in [1.165, 1.54) is 0 Å². The smallest absolute Gasteiger partial charge is 0.292 e. The van der Waals surface area contributed by atoms with Gasteiger partial charge in [0.15, 0.2) is 0 Å². The molecule has 0 heterocycles. The van der Waals surface area contributed by atoms with Crippen LogP contribution in [-0.2, 0) is 6.54 Å². The van der Waals surface area contributed by atoms with Crippen LogP contribution < -0.4 is 5.32 Å². The van der Waals surface area contributed by atoms with Crippen LogP contribution in [0, 0.1) is 17.0 Å². The third kappa shape index (κ3) is 7.30. The molecule has 4 N–H and O–H groups in total. The first-order valence-electron chi connectivity index (χ1n) is 11.4. The lowest BCUT2D eigenvalue weighted by atomic mass is 10.0. The molecule has 2 atom stereocenters. The zero-order chi connectivity index (χ0) is 25.4. The van der Waals surface area contributed by atoms with E-state index in [1.54, 1.807) is 25.3 Å². The topological polar surface area (TPSA) is 119 Å². The molecule has 0 aliphatic carbocycles. The first-order valence-corrected chi connectivity index (χ1v) is 11.4. The molecule has 0 unspecified atom stereocenters. The SMILES string of the molecule is Cc1ccc(Nc2ccc(-c3ccc(CN(/C=C/O)CC[C@@H](O)[C@@H](C)O)cc3)cc2)c([N+](=O)[O-])c1. The summed E-state index contributed by atoms with van der Waals surface area (Å²) >= 11 is 0. The Morgan fingerprint density at radius 1 is 1.03 bits per heavy atom. The number of nitro benzene ring substituents is 1. The van der Waals surface area contributed by atoms with Gasteiger partial charge in [-0.25, -0.2) is 0 Å². The molecular formula is C27H31N3O5. The van der Waals surface area contributed by atoms with Crippen LogP contribution in [0.3, 0.4) is 0 Å². The van der Waals surface area contributed by atoms with Gasteiger partial charge in [0, 0.05) is 31.0 Å². The summed E-state index contributed by atoms with van der Waals surface area (Å²) in [6.07, 6.45) is 1.27. The van der Waals surface area contributed by atoms with Gasteiger partial charge >= 0.3 is 0 Å². The van der Waals surface area contributed by atoms with Gasteiger partial charge in [0.05, 0.1) is 23.4 Å². The van der Waals surface area contributed by atoms with Crippen molar-refractivity contribution in [3.05, 3.63) is 100 Å². The van der Waals surface area contributed by atoms with Crippen LogP contribution in [0.25, 0.3) is 11.1 Å². The number of aliphatic hydroxyl groups excluding tert-OH is 3. The van der Waals surface area contributed by atoms with E-state index in [1.807, 2.05) is 66.4 Å². The summed E-state index contributed by atoms with van der Waals surface area (Å²) in [7, 11) is 0. The van der Waals surface area contributed by atoms with Gasteiger partial charge in [0.25, 0.3) is 5.69 Å². The van der Waals surface area contributed by atoms with Crippen molar-refractivity contribution < 1.29 is 20.2 Å². The lowest BCUT2D eigenvalue weighted by molar-refractivity contribution is -0.384. The van der Waals surface area contributed by atoms with Gasteiger partial charge in [-0.2, -0.15) is 0 Å². The van der Waals surface area contributed by atoms with E-state index in [2.05, 4.69) is 5.32 Å². The number of aliphatic hydroxyl groups is 3. The van der Waals surface area contributed by atoms with Crippen LogP contribution in [0.2, 0.25) is 0 Å². The molecule has 3 aromatic carbocycles. The molecule has 8 heteroatoms. The minimum absolute atomic E-state index is 0.0372. The summed E-state index contributed by atoms with van der Waals surface area (Å²) in [4.78, 5) is 12.8. The monoisotopic (exact) mass is 477 g/mol. The fourth-order valence-corrected chi connectivity index (χ4v) is 3.68. The highest BCUT2D eigenvalue weighted by Crippen LogP contribution is 2.30. The second-order valence-electron chi connectivity index (χ2n) is 8.54. The Morgan fingerprint density at radius 2 is 1.66 bits per heavy atom. The van der Waals surface area contributed by atoms with E-state index >= 15 is 0 Å². The lowest BCUT2D eigenvalue weighted by Crippen LogP contribution is -2.28. The molecular weight excluding hydrogens is 446 g/mol. The van der Waals surface area contributed by atoms with E-state index in [0.717, 1.165) is 34.2 Å². The third-order valence-electron chi connectivity index (χ3n) is 5.73. The zero-order valence-electron chi connectivity index (χ0n) is 19.8. The molecule has 0 aliphatic heterocycles. The maximum Gasteiger partial charge on any atom is 0.292 e. The van der Waals surface area contributed by atoms with Crippen molar-refractivity contribution in [2.75, 3.05) is 11.9 Å². The Morgan fingerprint density at radius 3 is 2.23 bits per heavy atom. The molecule has 0 aromatic heterocycles. The number of nitrogens with one attached hydrogen (secondary N) is 1. The number of nitrogens with zero attached hydrogens (tertiary/aromatic N) is 2. The second-order valence-corrected chi connectivity index (χ2v) is 8.54. The molecule has 0 amide bonds. The van der Waals surface area contributed by atoms with Crippen molar-refractivity contribution in [2.24, 2.45) is 0 Å². The van der Waals surface area contributed by atoms with Gasteiger partial charge in [0.2, 0.25) is 0 Å². The lowest BCUT2D eigenvalue weighted by Gasteiger charge is -2.22. The fraction of sp³-hybridized carbons (Fsp3) is 0.259. The van der Waals surface area contributed by atoms with Crippen LogP contribution in [-0.4, -0.2) is 43.9 Å². The summed E-state index contributed by atoms with van der Waals surface area (Å²) in [6.45, 7) is 4.39. The minimum Gasteiger partial charge on any atom is -0.514 e. The summed E-state index contributed by atoms with van der Waals surface area (Å²) < 4.78 is 0. The first kappa shape index (κ1) is 25.7. The number of rotatable bonds is 11. The van der Waals surface area contributed by atoms with Crippen molar-refractivity contribution in [1.29, 1.82) is 0 Å². The number of hydrogen-bond acceptors (Lipinski definition) is 7. The van der Waals surface area contributed by atoms with Crippen molar-refractivity contribution in [3.63, 3.8) is 0 Å². The molecule has 0 radical (unpaired) electrons. The van der Waals surface area contributed by atoms with Gasteiger partial charge in [0.1, 0.15) is 5.69 Å². The third-order valence-corrected chi connectivity index (χ3v) is 5.73. The molecule has 0 bridgehead atoms. The highest BCUT2D eigenvalue weighted by molar-refractivity contribution is 5.72. The summed E-state index contributed by atoms with van der Waals surface area (Å²) in [5.74, 6) is 0. The van der Waals surface area contributed by atoms with Crippen LogP contribution in [0.4, 0.5) is 17.1 Å². The quantitative estimate of drug-likeness (QED) is 0.169. The molecule has 184 valence electrons. The standard InChI is InChI=1S/C27H31N3O5/c1-19-3-12-25(26(17-19)30(34)35)28-24-10-8-23(9-11-24)22-6-4-21(5-7-22)18-29(15-16-31)14-13-27(33)20(2)32/h3-12,15-17,20,27-28,31-33H,13-14,18H2,1-2H3/b16-15+/t20-,27-/m1/s1. The van der Waals surface area contributed by atoms with Gasteiger partial charge in [-0.05, 0) is 60.7 Å². The predicted octanol–water partition coefficient (Wildman–Crippen LogP) is 5.28. The largest absolute Gasteiger partial charge is 0.514 e. The first-order chi connectivity index (χ1) is 16.8. The average Bonchev–Trinajstić information content (AvgIpc) is 2.84. The van der Waals surface area contributed by atoms with Gasteiger partial charge in [-0.1, -0.05) is 42.5 Å². The van der Waals surface area contributed by atoms with Crippen molar-refractivity contribution in [1.82, 2.24) is 4.90 Å². The fourth-order valence-electron chi connectivity index (χ4n) is 3.68. The number of hydrogen-bond donors (Lipinski definition) is 4. The Labute approximate surface area is 204 Å². The van der Waals surface area contributed by atoms with E-state index in [4.69, 9.17) is 0 Å². The zero-order valence-corrected chi connectivity index (χ0v) is 19.8. The molecule has 3 aromatic rings. The van der Waals surface area contributed by atoms with Crippen LogP contribution in [0.5, 0.6) is 0 Å². The number of nitro groups is 1. The Bertz CT molecular complexity index is 1140. The summed E-state index contributed by atoms with van der Waals surface area (Å²) in [5.41, 5.74) is 5.12. The minimum atomic E-state index is -0.818. The molecule has 0 fully saturated rings. The van der Waals surface area contributed by atoms with E-state index in [-0.39, 0.29) is 5.69 Å². The summed E-state index contributed by atoms with van der Waals surface area (Å²) in [6, 6.07) is 20.8.